The third-order valence-corrected chi connectivity index (χ3v) is 5.97. The van der Waals surface area contributed by atoms with E-state index in [4.69, 9.17) is 9.88 Å². The highest BCUT2D eigenvalue weighted by Crippen LogP contribution is 2.30. The van der Waals surface area contributed by atoms with E-state index in [1.165, 1.54) is 30.3 Å². The number of amides is 1. The van der Waals surface area contributed by atoms with E-state index in [9.17, 15) is 31.2 Å². The Hall–Kier alpha value is -3.19. The maximum absolute atomic E-state index is 12.7. The predicted octanol–water partition coefficient (Wildman–Crippen LogP) is 2.15. The average molecular weight is 486 g/mol. The second kappa shape index (κ2) is 9.75. The highest BCUT2D eigenvalue weighted by atomic mass is 32.2. The van der Waals surface area contributed by atoms with E-state index >= 15 is 0 Å². The lowest BCUT2D eigenvalue weighted by molar-refractivity contribution is -0.152. The van der Waals surface area contributed by atoms with E-state index in [0.29, 0.717) is 37.4 Å². The number of pyridine rings is 1. The summed E-state index contributed by atoms with van der Waals surface area (Å²) in [4.78, 5) is 29.8. The van der Waals surface area contributed by atoms with Crippen molar-refractivity contribution in [3.8, 4) is 0 Å². The van der Waals surface area contributed by atoms with Crippen LogP contribution in [0.2, 0.25) is 0 Å². The molecular formula is C20H21F3N4O5S. The number of esters is 1. The normalized spacial score (nSPS) is 15.2. The van der Waals surface area contributed by atoms with Crippen LogP contribution in [0.15, 0.2) is 47.5 Å². The Morgan fingerprint density at radius 1 is 1.12 bits per heavy atom. The number of ether oxygens (including phenoxy) is 1. The van der Waals surface area contributed by atoms with Gasteiger partial charge in [-0.3, -0.25) is 9.59 Å². The molecule has 33 heavy (non-hydrogen) atoms. The van der Waals surface area contributed by atoms with Gasteiger partial charge < -0.3 is 15.0 Å². The number of nitrogens with zero attached hydrogens (tertiary/aromatic N) is 2. The van der Waals surface area contributed by atoms with E-state index in [2.05, 4.69) is 10.3 Å². The van der Waals surface area contributed by atoms with Crippen LogP contribution in [-0.2, 0) is 30.5 Å². The molecule has 0 aliphatic carbocycles. The van der Waals surface area contributed by atoms with Crippen molar-refractivity contribution in [3.63, 3.8) is 0 Å². The van der Waals surface area contributed by atoms with E-state index in [1.807, 2.05) is 0 Å². The number of carbonyl (C=O) groups excluding carboxylic acids is 2. The molecule has 9 nitrogen and oxygen atoms in total. The molecule has 2 heterocycles. The van der Waals surface area contributed by atoms with Crippen LogP contribution in [0.3, 0.4) is 0 Å². The Morgan fingerprint density at radius 3 is 2.27 bits per heavy atom. The summed E-state index contributed by atoms with van der Waals surface area (Å²) in [5.41, 5.74) is -0.524. The average Bonchev–Trinajstić information content (AvgIpc) is 2.77. The number of anilines is 2. The van der Waals surface area contributed by atoms with Crippen molar-refractivity contribution in [2.45, 2.75) is 23.9 Å². The number of sulfonamides is 1. The number of hydrogen-bond acceptors (Lipinski definition) is 7. The van der Waals surface area contributed by atoms with Crippen LogP contribution in [0.5, 0.6) is 0 Å². The van der Waals surface area contributed by atoms with Crippen molar-refractivity contribution in [2.24, 2.45) is 11.1 Å². The highest BCUT2D eigenvalue weighted by Gasteiger charge is 2.31. The number of piperidine rings is 1. The molecule has 1 aromatic heterocycles. The number of nitrogens with two attached hydrogens (primary N) is 1. The van der Waals surface area contributed by atoms with Crippen molar-refractivity contribution in [3.05, 3.63) is 48.2 Å². The van der Waals surface area contributed by atoms with Crippen LogP contribution in [-0.4, -0.2) is 45.0 Å². The smallest absolute Gasteiger partial charge is 0.417 e. The van der Waals surface area contributed by atoms with Crippen LogP contribution in [0.25, 0.3) is 0 Å². The molecule has 0 unspecified atom stereocenters. The fourth-order valence-electron chi connectivity index (χ4n) is 3.26. The number of aromatic nitrogens is 1. The van der Waals surface area contributed by atoms with Gasteiger partial charge in [0.2, 0.25) is 10.0 Å². The van der Waals surface area contributed by atoms with Crippen molar-refractivity contribution >= 4 is 33.4 Å². The van der Waals surface area contributed by atoms with Gasteiger partial charge in [-0.05, 0) is 49.2 Å². The van der Waals surface area contributed by atoms with Crippen LogP contribution in [0.4, 0.5) is 24.7 Å². The zero-order valence-electron chi connectivity index (χ0n) is 17.2. The summed E-state index contributed by atoms with van der Waals surface area (Å²) in [5, 5.41) is 7.48. The zero-order chi connectivity index (χ0) is 24.2. The summed E-state index contributed by atoms with van der Waals surface area (Å²) in [6.07, 6.45) is -2.88. The van der Waals surface area contributed by atoms with Gasteiger partial charge in [-0.15, -0.1) is 0 Å². The van der Waals surface area contributed by atoms with Crippen molar-refractivity contribution in [2.75, 3.05) is 29.9 Å². The highest BCUT2D eigenvalue weighted by molar-refractivity contribution is 7.89. The lowest BCUT2D eigenvalue weighted by Crippen LogP contribution is -2.38. The monoisotopic (exact) mass is 486 g/mol. The SMILES string of the molecule is NS(=O)(=O)c1ccc(NC(=O)COC(=O)C2CCN(c3ccc(C(F)(F)F)cn3)CC2)cc1. The van der Waals surface area contributed by atoms with Crippen molar-refractivity contribution < 1.29 is 35.9 Å². The minimum absolute atomic E-state index is 0.107. The molecule has 0 bridgehead atoms. The number of halogens is 3. The summed E-state index contributed by atoms with van der Waals surface area (Å²) >= 11 is 0. The minimum atomic E-state index is -4.46. The number of alkyl halides is 3. The van der Waals surface area contributed by atoms with Gasteiger partial charge in [-0.25, -0.2) is 18.5 Å². The number of benzene rings is 1. The number of hydrogen-bond donors (Lipinski definition) is 2. The van der Waals surface area contributed by atoms with Crippen LogP contribution >= 0.6 is 0 Å². The molecule has 0 atom stereocenters. The largest absolute Gasteiger partial charge is 0.455 e. The second-order valence-electron chi connectivity index (χ2n) is 7.39. The molecule has 1 amide bonds. The lowest BCUT2D eigenvalue weighted by Gasteiger charge is -2.31. The maximum Gasteiger partial charge on any atom is 0.417 e. The molecular weight excluding hydrogens is 465 g/mol. The minimum Gasteiger partial charge on any atom is -0.455 e. The van der Waals surface area contributed by atoms with Crippen molar-refractivity contribution in [1.29, 1.82) is 0 Å². The Kier molecular flexibility index (Phi) is 7.22. The molecule has 178 valence electrons. The van der Waals surface area contributed by atoms with E-state index in [1.54, 1.807) is 4.90 Å². The summed E-state index contributed by atoms with van der Waals surface area (Å²) in [5.74, 6) is -1.20. The molecule has 3 N–H and O–H groups in total. The van der Waals surface area contributed by atoms with E-state index < -0.39 is 46.2 Å². The Labute approximate surface area is 187 Å². The molecule has 1 aliphatic rings. The molecule has 1 saturated heterocycles. The van der Waals surface area contributed by atoms with Gasteiger partial charge in [0, 0.05) is 25.0 Å². The molecule has 0 radical (unpaired) electrons. The standard InChI is InChI=1S/C20H21F3N4O5S/c21-20(22,23)14-1-6-17(25-11-14)27-9-7-13(8-10-27)19(29)32-12-18(28)26-15-2-4-16(5-3-15)33(24,30)31/h1-6,11,13H,7-10,12H2,(H,26,28)(H2,24,30,31). The van der Waals surface area contributed by atoms with Crippen LogP contribution < -0.4 is 15.4 Å². The molecule has 3 rings (SSSR count). The summed E-state index contributed by atoms with van der Waals surface area (Å²) in [6, 6.07) is 7.42. The Morgan fingerprint density at radius 2 is 1.76 bits per heavy atom. The predicted molar refractivity (Wildman–Crippen MR) is 112 cm³/mol. The summed E-state index contributed by atoms with van der Waals surface area (Å²) in [7, 11) is -3.85. The number of nitrogens with one attached hydrogen (secondary N) is 1. The molecule has 2 aromatic rings. The fraction of sp³-hybridized carbons (Fsp3) is 0.350. The number of primary sulfonamides is 1. The first-order chi connectivity index (χ1) is 15.4. The summed E-state index contributed by atoms with van der Waals surface area (Å²) < 4.78 is 65.5. The lowest BCUT2D eigenvalue weighted by atomic mass is 9.97. The molecule has 0 saturated carbocycles. The van der Waals surface area contributed by atoms with Gasteiger partial charge in [-0.2, -0.15) is 13.2 Å². The zero-order valence-corrected chi connectivity index (χ0v) is 18.0. The van der Waals surface area contributed by atoms with Gasteiger partial charge >= 0.3 is 12.1 Å². The van der Waals surface area contributed by atoms with Gasteiger partial charge in [0.05, 0.1) is 16.4 Å². The summed E-state index contributed by atoms with van der Waals surface area (Å²) in [6.45, 7) is 0.290. The molecule has 0 spiro atoms. The first-order valence-electron chi connectivity index (χ1n) is 9.81. The molecule has 1 aliphatic heterocycles. The third-order valence-electron chi connectivity index (χ3n) is 5.04. The first kappa shape index (κ1) is 24.5. The van der Waals surface area contributed by atoms with Gasteiger partial charge in [0.25, 0.3) is 5.91 Å². The Bertz CT molecular complexity index is 1100. The quantitative estimate of drug-likeness (QED) is 0.598. The topological polar surface area (TPSA) is 132 Å². The number of carbonyl (C=O) groups is 2. The third kappa shape index (κ3) is 6.65. The van der Waals surface area contributed by atoms with E-state index in [-0.39, 0.29) is 4.90 Å². The van der Waals surface area contributed by atoms with Gasteiger partial charge in [-0.1, -0.05) is 0 Å². The maximum atomic E-state index is 12.7. The second-order valence-corrected chi connectivity index (χ2v) is 8.95. The molecule has 1 aromatic carbocycles. The van der Waals surface area contributed by atoms with Crippen LogP contribution in [0.1, 0.15) is 18.4 Å². The van der Waals surface area contributed by atoms with E-state index in [0.717, 1.165) is 12.3 Å². The van der Waals surface area contributed by atoms with Crippen LogP contribution in [0, 0.1) is 5.92 Å². The number of rotatable bonds is 6. The molecule has 1 fully saturated rings. The first-order valence-corrected chi connectivity index (χ1v) is 11.4. The Balaban J connectivity index is 1.44. The fourth-order valence-corrected chi connectivity index (χ4v) is 3.78. The van der Waals surface area contributed by atoms with Gasteiger partial charge in [0.15, 0.2) is 6.61 Å². The van der Waals surface area contributed by atoms with Gasteiger partial charge in [0.1, 0.15) is 5.82 Å². The molecule has 13 heteroatoms. The van der Waals surface area contributed by atoms with Crippen molar-refractivity contribution in [1.82, 2.24) is 4.98 Å².